The molecule has 1 unspecified atom stereocenters. The van der Waals surface area contributed by atoms with Crippen LogP contribution in [0.2, 0.25) is 0 Å². The zero-order valence-corrected chi connectivity index (χ0v) is 13.6. The van der Waals surface area contributed by atoms with E-state index in [1.54, 1.807) is 0 Å². The first kappa shape index (κ1) is 16.6. The maximum Gasteiger partial charge on any atom is 0.0432 e. The third-order valence-electron chi connectivity index (χ3n) is 3.64. The summed E-state index contributed by atoms with van der Waals surface area (Å²) < 4.78 is 0. The van der Waals surface area contributed by atoms with Crippen molar-refractivity contribution < 1.29 is 0 Å². The summed E-state index contributed by atoms with van der Waals surface area (Å²) in [7, 11) is 0. The highest BCUT2D eigenvalue weighted by Gasteiger charge is 2.17. The molecule has 2 rings (SSSR count). The molecule has 1 aromatic rings. The molecular formula is C18H30N2. The van der Waals surface area contributed by atoms with Crippen LogP contribution in [0.15, 0.2) is 24.4 Å². The minimum absolute atomic E-state index is 0.461. The van der Waals surface area contributed by atoms with Crippen LogP contribution in [-0.2, 0) is 6.42 Å². The van der Waals surface area contributed by atoms with Crippen LogP contribution in [0.1, 0.15) is 57.0 Å². The van der Waals surface area contributed by atoms with Crippen LogP contribution in [-0.4, -0.2) is 11.5 Å². The van der Waals surface area contributed by atoms with Gasteiger partial charge in [-0.05, 0) is 43.9 Å². The van der Waals surface area contributed by atoms with Gasteiger partial charge in [-0.25, -0.2) is 0 Å². The second-order valence-electron chi connectivity index (χ2n) is 5.15. The molecule has 1 atom stereocenters. The van der Waals surface area contributed by atoms with Crippen LogP contribution < -0.4 is 5.32 Å². The van der Waals surface area contributed by atoms with Gasteiger partial charge in [0.1, 0.15) is 0 Å². The molecule has 0 saturated carbocycles. The molecule has 1 aliphatic rings. The Morgan fingerprint density at radius 2 is 2.20 bits per heavy atom. The first-order valence-corrected chi connectivity index (χ1v) is 8.01. The predicted octanol–water partition coefficient (Wildman–Crippen LogP) is 4.83. The molecule has 2 nitrogen and oxygen atoms in total. The van der Waals surface area contributed by atoms with Crippen molar-refractivity contribution in [2.45, 2.75) is 53.4 Å². The van der Waals surface area contributed by atoms with E-state index in [1.807, 2.05) is 13.8 Å². The first-order chi connectivity index (χ1) is 9.74. The molecule has 1 heterocycles. The number of fused-ring (bicyclic) bond motifs is 1. The monoisotopic (exact) mass is 274 g/mol. The topological polar surface area (TPSA) is 27.8 Å². The molecule has 2 N–H and O–H groups in total. The minimum atomic E-state index is 0.461. The second-order valence-corrected chi connectivity index (χ2v) is 5.15. The van der Waals surface area contributed by atoms with Crippen LogP contribution in [0.25, 0.3) is 6.08 Å². The number of aryl methyl sites for hydroxylation is 2. The molecule has 0 radical (unpaired) electrons. The van der Waals surface area contributed by atoms with Gasteiger partial charge in [0.05, 0.1) is 0 Å². The lowest BCUT2D eigenvalue weighted by molar-refractivity contribution is 0.604. The number of hydrogen-bond acceptors (Lipinski definition) is 1. The van der Waals surface area contributed by atoms with Gasteiger partial charge in [0.15, 0.2) is 0 Å². The standard InChI is InChI=1S/C16H24N2.C2H6/c1-4-6-9-17-15-11-16-14(10-12(3)18-16)8-7-13(15)5-2;1-2/h5,10-11,13,17-18H,2,4,6-9H2,1,3H3;1-2H3. The quantitative estimate of drug-likeness (QED) is 0.584. The summed E-state index contributed by atoms with van der Waals surface area (Å²) in [5, 5.41) is 3.58. The largest absolute Gasteiger partial charge is 0.388 e. The first-order valence-electron chi connectivity index (χ1n) is 8.01. The molecule has 0 aliphatic heterocycles. The molecule has 112 valence electrons. The summed E-state index contributed by atoms with van der Waals surface area (Å²) >= 11 is 0. The molecule has 20 heavy (non-hydrogen) atoms. The zero-order chi connectivity index (χ0) is 15.0. The van der Waals surface area contributed by atoms with Gasteiger partial charge in [-0.15, -0.1) is 6.58 Å². The third kappa shape index (κ3) is 4.29. The number of aromatic amines is 1. The summed E-state index contributed by atoms with van der Waals surface area (Å²) in [6.45, 7) is 13.4. The summed E-state index contributed by atoms with van der Waals surface area (Å²) in [6.07, 6.45) is 9.08. The van der Waals surface area contributed by atoms with Gasteiger partial charge < -0.3 is 10.3 Å². The lowest BCUT2D eigenvalue weighted by Crippen LogP contribution is -2.20. The SMILES string of the molecule is C=CC1CCc2cc(C)[nH]c2C=C1NCCCC.CC. The van der Waals surface area contributed by atoms with Crippen molar-refractivity contribution in [2.75, 3.05) is 6.54 Å². The molecule has 0 aromatic carbocycles. The molecule has 0 spiro atoms. The Labute approximate surface area is 124 Å². The van der Waals surface area contributed by atoms with Crippen molar-refractivity contribution in [1.29, 1.82) is 0 Å². The van der Waals surface area contributed by atoms with E-state index in [0.717, 1.165) is 19.4 Å². The highest BCUT2D eigenvalue weighted by Crippen LogP contribution is 2.27. The van der Waals surface area contributed by atoms with E-state index in [2.05, 4.69) is 48.9 Å². The van der Waals surface area contributed by atoms with Crippen molar-refractivity contribution in [1.82, 2.24) is 10.3 Å². The molecule has 0 bridgehead atoms. The Hall–Kier alpha value is -1.44. The number of allylic oxidation sites excluding steroid dienone is 1. The van der Waals surface area contributed by atoms with Crippen molar-refractivity contribution in [3.63, 3.8) is 0 Å². The van der Waals surface area contributed by atoms with Gasteiger partial charge in [-0.1, -0.05) is 33.3 Å². The summed E-state index contributed by atoms with van der Waals surface area (Å²) in [6, 6.07) is 2.26. The molecule has 1 aliphatic carbocycles. The average Bonchev–Trinajstić information content (AvgIpc) is 2.73. The molecule has 0 saturated heterocycles. The smallest absolute Gasteiger partial charge is 0.0432 e. The van der Waals surface area contributed by atoms with Crippen molar-refractivity contribution >= 4 is 6.08 Å². The van der Waals surface area contributed by atoms with Crippen LogP contribution >= 0.6 is 0 Å². The van der Waals surface area contributed by atoms with E-state index >= 15 is 0 Å². The molecule has 0 amide bonds. The average molecular weight is 274 g/mol. The fraction of sp³-hybridized carbons (Fsp3) is 0.556. The highest BCUT2D eigenvalue weighted by molar-refractivity contribution is 5.56. The van der Waals surface area contributed by atoms with Crippen LogP contribution in [0, 0.1) is 12.8 Å². The number of hydrogen-bond donors (Lipinski definition) is 2. The molecule has 1 aromatic heterocycles. The maximum atomic E-state index is 3.98. The van der Waals surface area contributed by atoms with Gasteiger partial charge in [0.2, 0.25) is 0 Å². The molecule has 2 heteroatoms. The third-order valence-corrected chi connectivity index (χ3v) is 3.64. The number of rotatable bonds is 5. The van der Waals surface area contributed by atoms with E-state index in [1.165, 1.54) is 35.5 Å². The Kier molecular flexibility index (Phi) is 7.21. The zero-order valence-electron chi connectivity index (χ0n) is 13.6. The number of nitrogens with one attached hydrogen (secondary N) is 2. The second kappa shape index (κ2) is 8.68. The van der Waals surface area contributed by atoms with Crippen molar-refractivity contribution in [3.05, 3.63) is 41.4 Å². The fourth-order valence-corrected chi connectivity index (χ4v) is 2.57. The normalized spacial score (nSPS) is 17.2. The van der Waals surface area contributed by atoms with Gasteiger partial charge in [0.25, 0.3) is 0 Å². The molecular weight excluding hydrogens is 244 g/mol. The van der Waals surface area contributed by atoms with Crippen LogP contribution in [0.3, 0.4) is 0 Å². The van der Waals surface area contributed by atoms with E-state index in [0.29, 0.717) is 5.92 Å². The Bertz CT molecular complexity index is 440. The molecule has 0 fully saturated rings. The number of unbranched alkanes of at least 4 members (excludes halogenated alkanes) is 1. The number of H-pyrrole nitrogens is 1. The van der Waals surface area contributed by atoms with Crippen LogP contribution in [0.4, 0.5) is 0 Å². The predicted molar refractivity (Wildman–Crippen MR) is 89.8 cm³/mol. The Balaban J connectivity index is 0.000000956. The summed E-state index contributed by atoms with van der Waals surface area (Å²) in [5.41, 5.74) is 5.28. The highest BCUT2D eigenvalue weighted by atomic mass is 14.9. The Morgan fingerprint density at radius 1 is 1.45 bits per heavy atom. The van der Waals surface area contributed by atoms with E-state index in [9.17, 15) is 0 Å². The van der Waals surface area contributed by atoms with Crippen LogP contribution in [0.5, 0.6) is 0 Å². The van der Waals surface area contributed by atoms with Gasteiger partial charge in [-0.2, -0.15) is 0 Å². The number of aromatic nitrogens is 1. The van der Waals surface area contributed by atoms with Crippen molar-refractivity contribution in [2.24, 2.45) is 5.92 Å². The van der Waals surface area contributed by atoms with Gasteiger partial charge in [0, 0.05) is 29.5 Å². The van der Waals surface area contributed by atoms with E-state index < -0.39 is 0 Å². The van der Waals surface area contributed by atoms with Crippen molar-refractivity contribution in [3.8, 4) is 0 Å². The lowest BCUT2D eigenvalue weighted by Gasteiger charge is -2.16. The fourth-order valence-electron chi connectivity index (χ4n) is 2.57. The summed E-state index contributed by atoms with van der Waals surface area (Å²) in [4.78, 5) is 3.45. The summed E-state index contributed by atoms with van der Waals surface area (Å²) in [5.74, 6) is 0.461. The minimum Gasteiger partial charge on any atom is -0.388 e. The van der Waals surface area contributed by atoms with Gasteiger partial charge in [-0.3, -0.25) is 0 Å². The van der Waals surface area contributed by atoms with E-state index in [4.69, 9.17) is 0 Å². The Morgan fingerprint density at radius 3 is 2.85 bits per heavy atom. The maximum absolute atomic E-state index is 3.98. The van der Waals surface area contributed by atoms with E-state index in [-0.39, 0.29) is 0 Å². The lowest BCUT2D eigenvalue weighted by atomic mass is 9.99. The van der Waals surface area contributed by atoms with Gasteiger partial charge >= 0.3 is 0 Å².